The van der Waals surface area contributed by atoms with Crippen molar-refractivity contribution in [2.24, 2.45) is 0 Å². The van der Waals surface area contributed by atoms with E-state index in [4.69, 9.17) is 18.5 Å². The first-order valence-electron chi connectivity index (χ1n) is 33.1. The Morgan fingerprint density at radius 3 is 0.930 bits per heavy atom. The van der Waals surface area contributed by atoms with E-state index in [0.29, 0.717) is 23.9 Å². The molecule has 0 aliphatic rings. The van der Waals surface area contributed by atoms with Gasteiger partial charge in [0.2, 0.25) is 0 Å². The number of hydrogen-bond acceptors (Lipinski definition) is 8. The normalized spacial score (nSPS) is 14.4. The Morgan fingerprint density at radius 1 is 0.360 bits per heavy atom. The molecule has 0 spiro atoms. The summed E-state index contributed by atoms with van der Waals surface area (Å²) in [4.78, 5) is 38.0. The number of esters is 2. The molecule has 2 atom stereocenters. The first-order chi connectivity index (χ1) is 42.0. The van der Waals surface area contributed by atoms with Crippen LogP contribution in [0.1, 0.15) is 219 Å². The SMILES string of the molecule is CC/C=C\C/C=C\C/C=C\C/C=C\C/C=C\C/C=C\C/C=C\C/C=C\C/C=C\CCCCCCCC(=O)OC(COC(=O)CCCCCCCCC/C=C\C/C=C\C/C=C\C/C=C\C/C=C\C/C=C\C/C=C\CC)COP(=O)([O-])OCC[N+](C)(C)C. The number of phosphoric ester groups is 1. The third-order valence-corrected chi connectivity index (χ3v) is 14.1. The van der Waals surface area contributed by atoms with Crippen LogP contribution < -0.4 is 4.89 Å². The van der Waals surface area contributed by atoms with Crippen LogP contribution in [0, 0.1) is 0 Å². The summed E-state index contributed by atoms with van der Waals surface area (Å²) in [6, 6.07) is 0. The number of carbonyl (C=O) groups excluding carboxylic acids is 2. The molecule has 0 N–H and O–H groups in total. The fraction of sp³-hybridized carbons (Fsp3) is 0.553. The molecule has 0 saturated heterocycles. The van der Waals surface area contributed by atoms with Gasteiger partial charge in [0, 0.05) is 12.8 Å². The molecular formula is C76H120NO8P. The van der Waals surface area contributed by atoms with Gasteiger partial charge in [0.25, 0.3) is 7.82 Å². The Kier molecular flexibility index (Phi) is 60.5. The lowest BCUT2D eigenvalue weighted by Gasteiger charge is -2.28. The van der Waals surface area contributed by atoms with Crippen LogP contribution in [0.25, 0.3) is 0 Å². The number of likely N-dealkylation sites (N-methyl/N-ethyl adjacent to an activating group) is 1. The molecule has 9 nitrogen and oxygen atoms in total. The average Bonchev–Trinajstić information content (AvgIpc) is 3.70. The molecule has 0 rings (SSSR count). The van der Waals surface area contributed by atoms with E-state index in [1.165, 1.54) is 19.3 Å². The molecule has 0 aliphatic heterocycles. The molecule has 0 amide bonds. The molecule has 2 unspecified atom stereocenters. The van der Waals surface area contributed by atoms with E-state index < -0.39 is 32.5 Å². The summed E-state index contributed by atoms with van der Waals surface area (Å²) in [5.74, 6) is -0.885. The maximum Gasteiger partial charge on any atom is 0.306 e. The van der Waals surface area contributed by atoms with Gasteiger partial charge in [-0.05, 0) is 141 Å². The third-order valence-electron chi connectivity index (χ3n) is 13.1. The number of quaternary nitrogens is 1. The van der Waals surface area contributed by atoms with Crippen LogP contribution in [0.5, 0.6) is 0 Å². The number of unbranched alkanes of at least 4 members (excludes halogenated alkanes) is 12. The van der Waals surface area contributed by atoms with Crippen LogP contribution in [0.4, 0.5) is 0 Å². The highest BCUT2D eigenvalue weighted by Crippen LogP contribution is 2.38. The molecule has 0 heterocycles. The van der Waals surface area contributed by atoms with Gasteiger partial charge in [-0.1, -0.05) is 260 Å². The molecule has 0 fully saturated rings. The molecule has 0 saturated carbocycles. The van der Waals surface area contributed by atoms with Crippen LogP contribution >= 0.6 is 7.82 Å². The van der Waals surface area contributed by atoms with Gasteiger partial charge < -0.3 is 27.9 Å². The summed E-state index contributed by atoms with van der Waals surface area (Å²) < 4.78 is 34.2. The first-order valence-corrected chi connectivity index (χ1v) is 34.6. The van der Waals surface area contributed by atoms with Gasteiger partial charge in [0.1, 0.15) is 19.8 Å². The van der Waals surface area contributed by atoms with Gasteiger partial charge in [-0.3, -0.25) is 14.2 Å². The van der Waals surface area contributed by atoms with Gasteiger partial charge in [-0.25, -0.2) is 0 Å². The zero-order valence-electron chi connectivity index (χ0n) is 54.7. The summed E-state index contributed by atoms with van der Waals surface area (Å²) in [5, 5.41) is 0. The number of nitrogens with zero attached hydrogens (tertiary/aromatic N) is 1. The zero-order valence-corrected chi connectivity index (χ0v) is 55.6. The molecule has 86 heavy (non-hydrogen) atoms. The Hall–Kier alpha value is -5.15. The molecule has 0 aromatic carbocycles. The average molecular weight is 1210 g/mol. The Bertz CT molecular complexity index is 2150. The highest BCUT2D eigenvalue weighted by Gasteiger charge is 2.22. The fourth-order valence-electron chi connectivity index (χ4n) is 8.10. The minimum Gasteiger partial charge on any atom is -0.756 e. The quantitative estimate of drug-likeness (QED) is 0.0195. The van der Waals surface area contributed by atoms with Crippen molar-refractivity contribution in [3.63, 3.8) is 0 Å². The van der Waals surface area contributed by atoms with Crippen molar-refractivity contribution >= 4 is 19.8 Å². The van der Waals surface area contributed by atoms with Crippen molar-refractivity contribution in [3.05, 3.63) is 194 Å². The van der Waals surface area contributed by atoms with E-state index in [-0.39, 0.29) is 26.1 Å². The lowest BCUT2D eigenvalue weighted by atomic mass is 10.1. The predicted octanol–water partition coefficient (Wildman–Crippen LogP) is 21.1. The second kappa shape index (κ2) is 64.3. The van der Waals surface area contributed by atoms with Gasteiger partial charge >= 0.3 is 11.9 Å². The van der Waals surface area contributed by atoms with Crippen LogP contribution in [0.3, 0.4) is 0 Å². The second-order valence-electron chi connectivity index (χ2n) is 22.4. The number of carbonyl (C=O) groups is 2. The second-order valence-corrected chi connectivity index (χ2v) is 23.8. The lowest BCUT2D eigenvalue weighted by molar-refractivity contribution is -0.870. The number of phosphoric acid groups is 1. The van der Waals surface area contributed by atoms with E-state index >= 15 is 0 Å². The van der Waals surface area contributed by atoms with Gasteiger partial charge in [-0.15, -0.1) is 0 Å². The van der Waals surface area contributed by atoms with Crippen LogP contribution in [-0.4, -0.2) is 70.0 Å². The number of rotatable bonds is 58. The highest BCUT2D eigenvalue weighted by atomic mass is 31.2. The fourth-order valence-corrected chi connectivity index (χ4v) is 8.83. The minimum atomic E-state index is -4.67. The van der Waals surface area contributed by atoms with Crippen molar-refractivity contribution in [3.8, 4) is 0 Å². The largest absolute Gasteiger partial charge is 0.756 e. The van der Waals surface area contributed by atoms with Crippen LogP contribution in [0.15, 0.2) is 194 Å². The maximum absolute atomic E-state index is 12.8. The summed E-state index contributed by atoms with van der Waals surface area (Å²) in [6.45, 7) is 3.94. The van der Waals surface area contributed by atoms with Gasteiger partial charge in [0.05, 0.1) is 27.7 Å². The van der Waals surface area contributed by atoms with E-state index in [0.717, 1.165) is 161 Å². The standard InChI is InChI=1S/C76H120NO8P/c1-6-8-10-12-14-16-18-20-22-24-26-28-30-32-34-36-37-38-39-41-43-45-47-49-51-53-55-57-59-61-63-65-67-69-76(79)85-74(73-84-86(80,81)83-71-70-77(3,4)5)72-82-75(78)68-66-64-62-60-58-56-54-52-50-48-46-44-42-40-35-33-31-29-27-25-23-21-19-17-15-13-11-9-7-2/h8-11,14-17,20-23,26-29,32-35,37-38,41-44,47-50,53,55,74H,6-7,12-13,18-19,24-25,30-31,36,39-40,45-46,51-52,54,56-73H2,1-5H3/b10-8-,11-9-,16-14-,17-15-,22-20-,23-21-,28-26-,29-27-,34-32-,35-33-,38-37-,43-41-,44-42-,49-47-,50-48-,55-53-. The van der Waals surface area contributed by atoms with Crippen LogP contribution in [0.2, 0.25) is 0 Å². The molecule has 482 valence electrons. The molecule has 0 aromatic rings. The zero-order chi connectivity index (χ0) is 62.6. The summed E-state index contributed by atoms with van der Waals surface area (Å²) in [5.41, 5.74) is 0. The Labute approximate surface area is 526 Å². The summed E-state index contributed by atoms with van der Waals surface area (Å²) in [6.07, 6.45) is 101. The maximum atomic E-state index is 12.8. The number of allylic oxidation sites excluding steroid dienone is 32. The highest BCUT2D eigenvalue weighted by molar-refractivity contribution is 7.45. The first kappa shape index (κ1) is 80.8. The summed E-state index contributed by atoms with van der Waals surface area (Å²) in [7, 11) is 1.11. The van der Waals surface area contributed by atoms with E-state index in [1.807, 2.05) is 21.1 Å². The van der Waals surface area contributed by atoms with Crippen molar-refractivity contribution in [2.45, 2.75) is 225 Å². The van der Waals surface area contributed by atoms with E-state index in [1.54, 1.807) is 0 Å². The molecule has 0 bridgehead atoms. The topological polar surface area (TPSA) is 111 Å². The van der Waals surface area contributed by atoms with Crippen molar-refractivity contribution < 1.29 is 42.1 Å². The van der Waals surface area contributed by atoms with Gasteiger partial charge in [-0.2, -0.15) is 0 Å². The molecular weight excluding hydrogens is 1090 g/mol. The minimum absolute atomic E-state index is 0.0489. The Balaban J connectivity index is 4.25. The number of hydrogen-bond donors (Lipinski definition) is 0. The van der Waals surface area contributed by atoms with Crippen molar-refractivity contribution in [1.82, 2.24) is 0 Å². The predicted molar refractivity (Wildman–Crippen MR) is 369 cm³/mol. The van der Waals surface area contributed by atoms with Gasteiger partial charge in [0.15, 0.2) is 6.10 Å². The molecule has 0 aromatic heterocycles. The third kappa shape index (κ3) is 68.0. The van der Waals surface area contributed by atoms with E-state index in [2.05, 4.69) is 208 Å². The Morgan fingerprint density at radius 2 is 0.628 bits per heavy atom. The lowest BCUT2D eigenvalue weighted by Crippen LogP contribution is -2.37. The monoisotopic (exact) mass is 1210 g/mol. The van der Waals surface area contributed by atoms with Crippen LogP contribution in [-0.2, 0) is 32.7 Å². The smallest absolute Gasteiger partial charge is 0.306 e. The molecule has 10 heteroatoms. The summed E-state index contributed by atoms with van der Waals surface area (Å²) >= 11 is 0. The van der Waals surface area contributed by atoms with Crippen molar-refractivity contribution in [1.29, 1.82) is 0 Å². The molecule has 0 radical (unpaired) electrons. The molecule has 0 aliphatic carbocycles. The van der Waals surface area contributed by atoms with E-state index in [9.17, 15) is 19.0 Å². The number of ether oxygens (including phenoxy) is 2. The van der Waals surface area contributed by atoms with Crippen molar-refractivity contribution in [2.75, 3.05) is 47.5 Å².